The molecule has 1 aliphatic heterocycles. The highest BCUT2D eigenvalue weighted by Gasteiger charge is 2.39. The zero-order valence-electron chi connectivity index (χ0n) is 15.7. The van der Waals surface area contributed by atoms with Crippen LogP contribution in [0.1, 0.15) is 38.0 Å². The molecule has 2 aromatic rings. The molecule has 1 saturated carbocycles. The van der Waals surface area contributed by atoms with E-state index in [1.807, 2.05) is 31.3 Å². The van der Waals surface area contributed by atoms with E-state index in [-0.39, 0.29) is 11.2 Å². The van der Waals surface area contributed by atoms with E-state index < -0.39 is 0 Å². The van der Waals surface area contributed by atoms with Crippen LogP contribution in [0.25, 0.3) is 0 Å². The van der Waals surface area contributed by atoms with E-state index in [0.29, 0.717) is 19.1 Å². The van der Waals surface area contributed by atoms with Gasteiger partial charge in [0, 0.05) is 36.0 Å². The zero-order valence-corrected chi connectivity index (χ0v) is 15.7. The molecule has 0 amide bonds. The average molecular weight is 350 g/mol. The van der Waals surface area contributed by atoms with Crippen molar-refractivity contribution in [2.75, 3.05) is 18.5 Å². The maximum atomic E-state index is 12.9. The molecule has 0 radical (unpaired) electrons. The van der Waals surface area contributed by atoms with Crippen molar-refractivity contribution in [1.29, 1.82) is 0 Å². The van der Waals surface area contributed by atoms with E-state index in [2.05, 4.69) is 41.8 Å². The van der Waals surface area contributed by atoms with Gasteiger partial charge in [-0.05, 0) is 36.6 Å². The van der Waals surface area contributed by atoms with Crippen LogP contribution in [-0.4, -0.2) is 30.3 Å². The third kappa shape index (κ3) is 3.10. The number of ketones is 1. The van der Waals surface area contributed by atoms with Crippen LogP contribution in [0.2, 0.25) is 0 Å². The number of benzene rings is 1. The first-order valence-corrected chi connectivity index (χ1v) is 9.31. The first-order chi connectivity index (χ1) is 12.5. The number of anilines is 1. The van der Waals surface area contributed by atoms with Crippen molar-refractivity contribution >= 4 is 11.5 Å². The lowest BCUT2D eigenvalue weighted by atomic mass is 9.83. The molecule has 0 bridgehead atoms. The molecule has 4 heteroatoms. The highest BCUT2D eigenvalue weighted by molar-refractivity contribution is 5.94. The zero-order chi connectivity index (χ0) is 18.3. The lowest BCUT2D eigenvalue weighted by Gasteiger charge is -2.25. The summed E-state index contributed by atoms with van der Waals surface area (Å²) >= 11 is 0. The summed E-state index contributed by atoms with van der Waals surface area (Å²) in [7, 11) is 2.05. The summed E-state index contributed by atoms with van der Waals surface area (Å²) in [5, 5.41) is 0. The maximum Gasteiger partial charge on any atom is 0.171 e. The van der Waals surface area contributed by atoms with Gasteiger partial charge in [0.25, 0.3) is 0 Å². The van der Waals surface area contributed by atoms with Crippen LogP contribution in [0.3, 0.4) is 0 Å². The smallest absolute Gasteiger partial charge is 0.171 e. The van der Waals surface area contributed by atoms with E-state index in [0.717, 1.165) is 11.5 Å². The van der Waals surface area contributed by atoms with Gasteiger partial charge in [-0.2, -0.15) is 0 Å². The second-order valence-electron chi connectivity index (χ2n) is 7.91. The van der Waals surface area contributed by atoms with Crippen molar-refractivity contribution < 1.29 is 9.21 Å². The maximum absolute atomic E-state index is 12.9. The van der Waals surface area contributed by atoms with E-state index in [4.69, 9.17) is 4.42 Å². The minimum atomic E-state index is -0.160. The summed E-state index contributed by atoms with van der Waals surface area (Å²) in [6, 6.07) is 12.8. The number of hydrogen-bond donors (Lipinski definition) is 0. The fourth-order valence-corrected chi connectivity index (χ4v) is 4.01. The first kappa shape index (κ1) is 17.1. The summed E-state index contributed by atoms with van der Waals surface area (Å²) in [4.78, 5) is 17.3. The van der Waals surface area contributed by atoms with Crippen molar-refractivity contribution in [1.82, 2.24) is 4.90 Å². The fourth-order valence-electron chi connectivity index (χ4n) is 4.01. The molecule has 136 valence electrons. The van der Waals surface area contributed by atoms with Gasteiger partial charge in [-0.1, -0.05) is 32.0 Å². The van der Waals surface area contributed by atoms with Crippen LogP contribution >= 0.6 is 0 Å². The minimum Gasteiger partial charge on any atom is -0.468 e. The number of rotatable bonds is 6. The topological polar surface area (TPSA) is 36.7 Å². The number of fused-ring (bicyclic) bond motifs is 1. The molecule has 0 unspecified atom stereocenters. The Morgan fingerprint density at radius 1 is 1.27 bits per heavy atom. The molecule has 26 heavy (non-hydrogen) atoms. The van der Waals surface area contributed by atoms with Crippen molar-refractivity contribution in [3.05, 3.63) is 65.8 Å². The molecule has 4 nitrogen and oxygen atoms in total. The predicted molar refractivity (Wildman–Crippen MR) is 103 cm³/mol. The monoisotopic (exact) mass is 350 g/mol. The molecular formula is C22H26N2O2. The van der Waals surface area contributed by atoms with E-state index in [9.17, 15) is 4.79 Å². The molecule has 0 saturated heterocycles. The standard InChI is InChI=1S/C22H26N2O2/c1-22(2)19-8-4-5-9-20(19)23(3)21(22)13-17(25)14-24(16-10-11-16)15-18-7-6-12-26-18/h4-9,12-13,16H,10-11,14-15H2,1-3H3/b21-13-. The highest BCUT2D eigenvalue weighted by Crippen LogP contribution is 2.46. The van der Waals surface area contributed by atoms with Gasteiger partial charge in [0.2, 0.25) is 0 Å². The predicted octanol–water partition coefficient (Wildman–Crippen LogP) is 4.12. The van der Waals surface area contributed by atoms with Gasteiger partial charge in [0.15, 0.2) is 5.78 Å². The van der Waals surface area contributed by atoms with Crippen LogP contribution in [0.4, 0.5) is 5.69 Å². The van der Waals surface area contributed by atoms with Gasteiger partial charge in [-0.3, -0.25) is 9.69 Å². The molecule has 1 fully saturated rings. The molecule has 0 spiro atoms. The molecular weight excluding hydrogens is 324 g/mol. The normalized spacial score (nSPS) is 20.0. The summed E-state index contributed by atoms with van der Waals surface area (Å²) < 4.78 is 5.47. The second kappa shape index (κ2) is 6.44. The Kier molecular flexibility index (Phi) is 4.23. The molecule has 0 N–H and O–H groups in total. The quantitative estimate of drug-likeness (QED) is 0.734. The number of likely N-dealkylation sites (N-methyl/N-ethyl adjacent to an activating group) is 1. The molecule has 2 heterocycles. The minimum absolute atomic E-state index is 0.159. The van der Waals surface area contributed by atoms with Gasteiger partial charge < -0.3 is 9.32 Å². The van der Waals surface area contributed by atoms with Gasteiger partial charge in [0.1, 0.15) is 5.76 Å². The van der Waals surface area contributed by atoms with Crippen LogP contribution in [0.15, 0.2) is 58.9 Å². The Hall–Kier alpha value is -2.33. The number of carbonyl (C=O) groups excluding carboxylic acids is 1. The third-order valence-corrected chi connectivity index (χ3v) is 5.60. The number of para-hydroxylation sites is 1. The SMILES string of the molecule is CN1/C(=C\C(=O)CN(Cc2ccco2)C2CC2)C(C)(C)c2ccccc21. The molecule has 2 aliphatic rings. The van der Waals surface area contributed by atoms with Crippen LogP contribution in [0, 0.1) is 0 Å². The number of carbonyl (C=O) groups is 1. The number of furan rings is 1. The molecule has 1 aromatic carbocycles. The summed E-state index contributed by atoms with van der Waals surface area (Å²) in [5.41, 5.74) is 3.37. The lowest BCUT2D eigenvalue weighted by Crippen LogP contribution is -2.32. The summed E-state index contributed by atoms with van der Waals surface area (Å²) in [5.74, 6) is 1.08. The Labute approximate surface area is 155 Å². The summed E-state index contributed by atoms with van der Waals surface area (Å²) in [6.45, 7) is 5.52. The number of nitrogens with zero attached hydrogens (tertiary/aromatic N) is 2. The Balaban J connectivity index is 1.53. The van der Waals surface area contributed by atoms with Crippen LogP contribution in [-0.2, 0) is 16.8 Å². The van der Waals surface area contributed by atoms with Gasteiger partial charge >= 0.3 is 0 Å². The summed E-state index contributed by atoms with van der Waals surface area (Å²) in [6.07, 6.45) is 5.87. The second-order valence-corrected chi connectivity index (χ2v) is 7.91. The molecule has 4 rings (SSSR count). The molecule has 0 atom stereocenters. The fraction of sp³-hybridized carbons (Fsp3) is 0.409. The Morgan fingerprint density at radius 3 is 2.69 bits per heavy atom. The van der Waals surface area contributed by atoms with Crippen molar-refractivity contribution in [3.8, 4) is 0 Å². The Morgan fingerprint density at radius 2 is 2.04 bits per heavy atom. The average Bonchev–Trinajstić information content (AvgIpc) is 3.31. The Bertz CT molecular complexity index is 832. The van der Waals surface area contributed by atoms with Crippen molar-refractivity contribution in [2.45, 2.75) is 44.7 Å². The third-order valence-electron chi connectivity index (χ3n) is 5.60. The number of allylic oxidation sites excluding steroid dienone is 1. The largest absolute Gasteiger partial charge is 0.468 e. The van der Waals surface area contributed by atoms with Crippen molar-refractivity contribution in [2.24, 2.45) is 0 Å². The van der Waals surface area contributed by atoms with Gasteiger partial charge in [-0.25, -0.2) is 0 Å². The number of hydrogen-bond acceptors (Lipinski definition) is 4. The van der Waals surface area contributed by atoms with E-state index in [1.54, 1.807) is 6.26 Å². The van der Waals surface area contributed by atoms with E-state index in [1.165, 1.54) is 24.1 Å². The van der Waals surface area contributed by atoms with Crippen LogP contribution in [0.5, 0.6) is 0 Å². The van der Waals surface area contributed by atoms with Gasteiger partial charge in [-0.15, -0.1) is 0 Å². The lowest BCUT2D eigenvalue weighted by molar-refractivity contribution is -0.116. The van der Waals surface area contributed by atoms with Gasteiger partial charge in [0.05, 0.1) is 19.4 Å². The molecule has 1 aromatic heterocycles. The van der Waals surface area contributed by atoms with E-state index >= 15 is 0 Å². The first-order valence-electron chi connectivity index (χ1n) is 9.31. The van der Waals surface area contributed by atoms with Crippen LogP contribution < -0.4 is 4.90 Å². The van der Waals surface area contributed by atoms with Crippen molar-refractivity contribution in [3.63, 3.8) is 0 Å². The highest BCUT2D eigenvalue weighted by atomic mass is 16.3. The molecule has 1 aliphatic carbocycles.